The average Bonchev–Trinajstić information content (AvgIpc) is 1.95. The average molecular weight is 1270 g/mol. The van der Waals surface area contributed by atoms with Crippen molar-refractivity contribution in [1.82, 2.24) is 29.1 Å². The van der Waals surface area contributed by atoms with Gasteiger partial charge < -0.3 is 9.13 Å². The molecule has 8 aromatic carbocycles. The van der Waals surface area contributed by atoms with E-state index in [1.54, 1.807) is 45.3 Å². The van der Waals surface area contributed by atoms with E-state index in [0.29, 0.717) is 10.5 Å². The minimum atomic E-state index is -2.79. The summed E-state index contributed by atoms with van der Waals surface area (Å²) >= 11 is 10.7. The van der Waals surface area contributed by atoms with E-state index < -0.39 is 16.1 Å². The van der Waals surface area contributed by atoms with Gasteiger partial charge in [-0.05, 0) is 136 Å². The van der Waals surface area contributed by atoms with Crippen molar-refractivity contribution in [2.75, 3.05) is 0 Å². The summed E-state index contributed by atoms with van der Waals surface area (Å²) in [5, 5.41) is 24.0. The Morgan fingerprint density at radius 2 is 0.602 bits per heavy atom. The number of fused-ring (bicyclic) bond motifs is 7. The lowest BCUT2D eigenvalue weighted by atomic mass is 10.0. The monoisotopic (exact) mass is 1270 g/mol. The number of benzene rings is 8. The molecule has 0 fully saturated rings. The van der Waals surface area contributed by atoms with Gasteiger partial charge in [-0.1, -0.05) is 170 Å². The lowest BCUT2D eigenvalue weighted by Gasteiger charge is -2.31. The van der Waals surface area contributed by atoms with E-state index in [1.807, 2.05) is 48.3 Å². The Balaban J connectivity index is 0.742. The highest BCUT2D eigenvalue weighted by Crippen LogP contribution is 2.54. The molecule has 88 heavy (non-hydrogen) atoms. The van der Waals surface area contributed by atoms with Crippen LogP contribution in [0.1, 0.15) is 11.1 Å². The molecule has 0 aliphatic carbocycles. The van der Waals surface area contributed by atoms with Crippen LogP contribution in [-0.2, 0) is 0 Å². The SMILES string of the molecule is C1=C(c2ccc3c(c2)-c2cc(-n4c(-c5nccs5)ccc4-c4nccs4)ccc2[Si]3(c2ccccc2)c2ccccc2)SC2C=C(c3ccc4c(c3)-c3cc(-n5c(-c6nccs6)ccc5-c5nccs5)ccc3[Si]4(c3ccccc3)c3ccccc3)SC12. The first-order valence-corrected chi connectivity index (χ1v) is 38.5. The topological polar surface area (TPSA) is 61.4 Å². The quantitative estimate of drug-likeness (QED) is 0.114. The summed E-state index contributed by atoms with van der Waals surface area (Å²) < 4.78 is 4.74. The van der Waals surface area contributed by atoms with Crippen molar-refractivity contribution in [3.63, 3.8) is 0 Å². The van der Waals surface area contributed by atoms with Crippen molar-refractivity contribution in [1.29, 1.82) is 0 Å². The molecule has 2 unspecified atom stereocenters. The number of hydrogen-bond acceptors (Lipinski definition) is 10. The number of thioether (sulfide) groups is 2. The molecule has 0 N–H and O–H groups in total. The fourth-order valence-corrected chi connectivity index (χ4v) is 30.2. The fraction of sp³-hybridized carbons (Fsp3) is 0.0270. The summed E-state index contributed by atoms with van der Waals surface area (Å²) in [6, 6.07) is 83.6. The third kappa shape index (κ3) is 8.03. The fourth-order valence-electron chi connectivity index (χ4n) is 14.4. The van der Waals surface area contributed by atoms with E-state index in [4.69, 9.17) is 19.9 Å². The molecule has 0 bridgehead atoms. The van der Waals surface area contributed by atoms with Gasteiger partial charge >= 0.3 is 0 Å². The van der Waals surface area contributed by atoms with Crippen LogP contribution in [0.5, 0.6) is 0 Å². The normalized spacial score (nSPS) is 16.4. The minimum absolute atomic E-state index is 0.295. The van der Waals surface area contributed by atoms with Crippen molar-refractivity contribution in [2.24, 2.45) is 0 Å². The summed E-state index contributed by atoms with van der Waals surface area (Å²) in [4.78, 5) is 22.0. The highest BCUT2D eigenvalue weighted by Gasteiger charge is 2.51. The molecule has 4 aliphatic heterocycles. The zero-order chi connectivity index (χ0) is 57.9. The maximum Gasteiger partial charge on any atom is 0.180 e. The maximum atomic E-state index is 4.83. The predicted molar refractivity (Wildman–Crippen MR) is 380 cm³/mol. The van der Waals surface area contributed by atoms with E-state index in [0.717, 1.165) is 54.2 Å². The molecule has 18 rings (SSSR count). The molecule has 0 radical (unpaired) electrons. The van der Waals surface area contributed by atoms with Gasteiger partial charge in [-0.3, -0.25) is 0 Å². The molecule has 2 atom stereocenters. The Hall–Kier alpha value is -8.55. The predicted octanol–water partition coefficient (Wildman–Crippen LogP) is 14.1. The van der Waals surface area contributed by atoms with Gasteiger partial charge in [0.1, 0.15) is 20.0 Å². The highest BCUT2D eigenvalue weighted by molar-refractivity contribution is 8.14. The molecule has 418 valence electrons. The number of rotatable bonds is 12. The Labute approximate surface area is 535 Å². The molecule has 14 heteroatoms. The second-order valence-electron chi connectivity index (χ2n) is 22.4. The van der Waals surface area contributed by atoms with Crippen LogP contribution in [0.3, 0.4) is 0 Å². The number of aromatic nitrogens is 6. The minimum Gasteiger partial charge on any atom is -0.305 e. The van der Waals surface area contributed by atoms with Gasteiger partial charge in [0, 0.05) is 78.0 Å². The molecule has 0 saturated heterocycles. The molecule has 6 nitrogen and oxygen atoms in total. The molecule has 0 amide bonds. The van der Waals surface area contributed by atoms with Crippen LogP contribution in [0.4, 0.5) is 0 Å². The van der Waals surface area contributed by atoms with E-state index in [9.17, 15) is 0 Å². The molecular weight excluding hydrogens is 1220 g/mol. The van der Waals surface area contributed by atoms with Crippen molar-refractivity contribution in [3.05, 3.63) is 288 Å². The van der Waals surface area contributed by atoms with Crippen molar-refractivity contribution < 1.29 is 0 Å². The van der Waals surface area contributed by atoms with Gasteiger partial charge in [0.05, 0.1) is 22.8 Å². The summed E-state index contributed by atoms with van der Waals surface area (Å²) in [6.07, 6.45) is 12.7. The molecule has 10 heterocycles. The molecule has 6 aromatic heterocycles. The van der Waals surface area contributed by atoms with Gasteiger partial charge in [-0.2, -0.15) is 0 Å². The van der Waals surface area contributed by atoms with Crippen molar-refractivity contribution in [2.45, 2.75) is 10.5 Å². The van der Waals surface area contributed by atoms with Crippen LogP contribution in [-0.4, -0.2) is 55.7 Å². The van der Waals surface area contributed by atoms with E-state index in [1.165, 1.54) is 84.7 Å². The first-order valence-electron chi connectivity index (χ1n) is 29.2. The van der Waals surface area contributed by atoms with Gasteiger partial charge in [0.15, 0.2) is 16.1 Å². The first kappa shape index (κ1) is 52.6. The first-order chi connectivity index (χ1) is 43.6. The summed E-state index contributed by atoms with van der Waals surface area (Å²) in [5.74, 6) is 0. The second kappa shape index (κ2) is 21.1. The maximum absolute atomic E-state index is 4.83. The Kier molecular flexibility index (Phi) is 12.6. The van der Waals surface area contributed by atoms with Crippen LogP contribution in [0.2, 0.25) is 0 Å². The van der Waals surface area contributed by atoms with Gasteiger partial charge in [-0.15, -0.1) is 68.9 Å². The van der Waals surface area contributed by atoms with Crippen LogP contribution >= 0.6 is 68.9 Å². The van der Waals surface area contributed by atoms with Crippen LogP contribution < -0.4 is 41.5 Å². The summed E-state index contributed by atoms with van der Waals surface area (Å²) in [6.45, 7) is 0. The lowest BCUT2D eigenvalue weighted by Crippen LogP contribution is -2.72. The third-order valence-corrected chi connectivity index (χ3v) is 33.8. The Morgan fingerprint density at radius 3 is 0.898 bits per heavy atom. The number of hydrogen-bond donors (Lipinski definition) is 0. The molecule has 4 aliphatic rings. The third-order valence-electron chi connectivity index (χ3n) is 18.0. The van der Waals surface area contributed by atoms with Crippen LogP contribution in [0, 0.1) is 0 Å². The van der Waals surface area contributed by atoms with E-state index >= 15 is 0 Å². The summed E-state index contributed by atoms with van der Waals surface area (Å²) in [5.41, 5.74) is 14.2. The van der Waals surface area contributed by atoms with Gasteiger partial charge in [0.2, 0.25) is 0 Å². The highest BCUT2D eigenvalue weighted by atomic mass is 32.2. The second-order valence-corrected chi connectivity index (χ2v) is 35.9. The van der Waals surface area contributed by atoms with Gasteiger partial charge in [-0.25, -0.2) is 19.9 Å². The number of thiazole rings is 4. The Morgan fingerprint density at radius 1 is 0.307 bits per heavy atom. The van der Waals surface area contributed by atoms with Crippen molar-refractivity contribution in [3.8, 4) is 76.4 Å². The number of nitrogens with zero attached hydrogens (tertiary/aromatic N) is 6. The lowest BCUT2D eigenvalue weighted by molar-refractivity contribution is 1.09. The van der Waals surface area contributed by atoms with E-state index in [2.05, 4.69) is 261 Å². The van der Waals surface area contributed by atoms with E-state index in [-0.39, 0.29) is 0 Å². The molecule has 14 aromatic rings. The summed E-state index contributed by atoms with van der Waals surface area (Å²) in [7, 11) is -5.59. The van der Waals surface area contributed by atoms with Crippen LogP contribution in [0.15, 0.2) is 277 Å². The van der Waals surface area contributed by atoms with Crippen molar-refractivity contribution >= 4 is 136 Å². The van der Waals surface area contributed by atoms with Gasteiger partial charge in [0.25, 0.3) is 0 Å². The smallest absolute Gasteiger partial charge is 0.180 e. The molecule has 0 spiro atoms. The Bertz CT molecular complexity index is 4540. The largest absolute Gasteiger partial charge is 0.305 e. The molecular formula is C74H48N6S6Si2. The van der Waals surface area contributed by atoms with Crippen LogP contribution in [0.25, 0.3) is 86.2 Å². The zero-order valence-corrected chi connectivity index (χ0v) is 53.7. The molecule has 0 saturated carbocycles. The zero-order valence-electron chi connectivity index (χ0n) is 46.8. The standard InChI is InChI=1S/C74H48N6S6Si2/c1-5-13-51(14-6-1)87(52-15-7-2-8-16-52)67-29-21-47(41-55(67)57-43-49(23-31-69(57)87)79-59(71-75-33-37-81-71)25-26-60(79)72-76-34-38-82-72)63-45-65-66(85-63)46-64(86-65)48-22-30-68-56(42-48)58-44-50(80-61(73-77-35-39-83-73)27-28-62(80)74-78-36-40-84-74)24-32-70(58)88(68,53-17-9-3-10-18-53)54-19-11-4-12-20-54/h1-46,65-66H.